The highest BCUT2D eigenvalue weighted by Crippen LogP contribution is 2.61. The summed E-state index contributed by atoms with van der Waals surface area (Å²) in [7, 11) is 0. The Hall–Kier alpha value is -12.1. The Kier molecular flexibility index (Phi) is 17.4. The Labute approximate surface area is 627 Å². The second kappa shape index (κ2) is 27.7. The zero-order chi connectivity index (χ0) is 73.1. The summed E-state index contributed by atoms with van der Waals surface area (Å²) in [6.45, 7) is 8.20. The molecule has 0 saturated carbocycles. The highest BCUT2D eigenvalue weighted by atomic mass is 19.2. The third-order valence-corrected chi connectivity index (χ3v) is 23.1. The van der Waals surface area contributed by atoms with Gasteiger partial charge in [0.1, 0.15) is 11.5 Å². The van der Waals surface area contributed by atoms with Crippen LogP contribution in [0.25, 0.3) is 55.6 Å². The first-order chi connectivity index (χ1) is 52.9. The number of fused-ring (bicyclic) bond motifs is 6. The molecule has 10 heteroatoms. The first-order valence-corrected chi connectivity index (χ1v) is 37.1. The predicted molar refractivity (Wildman–Crippen MR) is 425 cm³/mol. The fourth-order valence-corrected chi connectivity index (χ4v) is 16.9. The Morgan fingerprint density at radius 3 is 0.898 bits per heavy atom. The molecular formula is C98H76F4N2O4. The van der Waals surface area contributed by atoms with Crippen LogP contribution in [0.3, 0.4) is 0 Å². The lowest BCUT2D eigenvalue weighted by molar-refractivity contribution is -0.133. The van der Waals surface area contributed by atoms with E-state index < -0.39 is 34.1 Å². The molecule has 2 saturated heterocycles. The molecule has 4 aliphatic rings. The number of nitrogens with zero attached hydrogens (tertiary/aromatic N) is 2. The van der Waals surface area contributed by atoms with E-state index in [1.54, 1.807) is 12.1 Å². The molecule has 108 heavy (non-hydrogen) atoms. The summed E-state index contributed by atoms with van der Waals surface area (Å²) in [6.07, 6.45) is 1.92. The second-order valence-electron chi connectivity index (χ2n) is 29.2. The normalized spacial score (nSPS) is 16.8. The summed E-state index contributed by atoms with van der Waals surface area (Å²) in [6, 6.07) is 110. The van der Waals surface area contributed by atoms with Crippen LogP contribution >= 0.6 is 0 Å². The van der Waals surface area contributed by atoms with Crippen LogP contribution in [0.5, 0.6) is 11.5 Å². The number of ether oxygens (including phenoxy) is 4. The summed E-state index contributed by atoms with van der Waals surface area (Å²) in [4.78, 5) is 3.96. The standard InChI is InChI=1S/C98H76F4N2O4/c1-3-95(59-105-60-95)63-107-81-43-31-73(32-44-81)97(71-21-13-7-14-22-71)87-53-69(65-17-9-5-10-18-65)29-47-83(87)85-49-39-77(55-89(85)97)103(79-41-51-91(99)93(101)57-79)75-35-25-67(26-36-75)68-27-37-76(38-28-68)104(80-42-52-92(100)94(102)58-80)78-40-50-86-84-48-30-70(66-19-11-6-12-20-66)54-88(84)98(90(86)56-78,72-23-15-8-16-24-72)74-33-45-82(46-34-74)108-64-96(4-2)61-106-62-96/h5-58H,3-4,59-64H2,1-2H3. The monoisotopic (exact) mass is 1420 g/mol. The molecule has 2 heterocycles. The summed E-state index contributed by atoms with van der Waals surface area (Å²) in [5.74, 6) is -2.30. The SMILES string of the molecule is CCC1(COc2ccc(C3(c4ccccc4)c4cc(-c5ccccc5)ccc4-c4ccc(N(c5ccc(-c6ccc(N(c7ccc(F)c(F)c7)c7ccc8c(c7)C(c7ccccc7)(c7ccc(OCC9(CC)COC9)cc7)c7cc(-c9ccccc9)ccc7-8)cc6)cc5)c5ccc(F)c(F)c5)cc43)cc2)COC1. The Morgan fingerprint density at radius 1 is 0.278 bits per heavy atom. The third kappa shape index (κ3) is 11.6. The molecule has 2 aliphatic heterocycles. The van der Waals surface area contributed by atoms with Gasteiger partial charge in [0.05, 0.1) is 61.3 Å². The molecular weight excluding hydrogens is 1350 g/mol. The van der Waals surface area contributed by atoms with Gasteiger partial charge in [-0.25, -0.2) is 17.6 Å². The van der Waals surface area contributed by atoms with E-state index in [1.165, 1.54) is 24.3 Å². The van der Waals surface area contributed by atoms with Crippen LogP contribution in [0.15, 0.2) is 328 Å². The highest BCUT2D eigenvalue weighted by molar-refractivity contribution is 5.94. The van der Waals surface area contributed by atoms with Crippen molar-refractivity contribution in [2.75, 3.05) is 49.4 Å². The van der Waals surface area contributed by atoms with E-state index in [4.69, 9.17) is 18.9 Å². The van der Waals surface area contributed by atoms with Gasteiger partial charge in [-0.15, -0.1) is 0 Å². The number of rotatable bonds is 21. The molecule has 18 rings (SSSR count). The summed E-state index contributed by atoms with van der Waals surface area (Å²) in [5.41, 5.74) is 20.8. The fourth-order valence-electron chi connectivity index (χ4n) is 16.9. The number of hydrogen-bond acceptors (Lipinski definition) is 6. The molecule has 530 valence electrons. The van der Waals surface area contributed by atoms with E-state index in [2.05, 4.69) is 232 Å². The second-order valence-corrected chi connectivity index (χ2v) is 29.2. The fraction of sp³-hybridized carbons (Fsp3) is 0.143. The largest absolute Gasteiger partial charge is 0.493 e. The summed E-state index contributed by atoms with van der Waals surface area (Å²) >= 11 is 0. The van der Waals surface area contributed by atoms with E-state index in [0.29, 0.717) is 62.4 Å². The van der Waals surface area contributed by atoms with Gasteiger partial charge in [0.25, 0.3) is 0 Å². The quantitative estimate of drug-likeness (QED) is 0.0668. The van der Waals surface area contributed by atoms with Crippen molar-refractivity contribution in [2.45, 2.75) is 37.5 Å². The first-order valence-electron chi connectivity index (χ1n) is 37.1. The van der Waals surface area contributed by atoms with Crippen LogP contribution in [0.1, 0.15) is 71.2 Å². The smallest absolute Gasteiger partial charge is 0.160 e. The van der Waals surface area contributed by atoms with Crippen molar-refractivity contribution in [1.82, 2.24) is 0 Å². The maximum absolute atomic E-state index is 15.9. The molecule has 14 aromatic rings. The molecule has 2 unspecified atom stereocenters. The lowest BCUT2D eigenvalue weighted by Gasteiger charge is -2.40. The molecule has 0 spiro atoms. The van der Waals surface area contributed by atoms with E-state index in [1.807, 2.05) is 82.6 Å². The molecule has 14 aromatic carbocycles. The van der Waals surface area contributed by atoms with E-state index in [9.17, 15) is 0 Å². The van der Waals surface area contributed by atoms with Crippen LogP contribution in [-0.4, -0.2) is 39.6 Å². The van der Waals surface area contributed by atoms with Crippen LogP contribution in [0.2, 0.25) is 0 Å². The minimum Gasteiger partial charge on any atom is -0.493 e. The molecule has 0 radical (unpaired) electrons. The van der Waals surface area contributed by atoms with Gasteiger partial charge in [-0.2, -0.15) is 0 Å². The van der Waals surface area contributed by atoms with Crippen molar-refractivity contribution < 1.29 is 36.5 Å². The average Bonchev–Trinajstić information content (AvgIpc) is 1.53. The Bertz CT molecular complexity index is 5300. The topological polar surface area (TPSA) is 43.4 Å². The molecule has 2 aliphatic carbocycles. The Balaban J connectivity index is 0.730. The molecule has 2 atom stereocenters. The zero-order valence-corrected chi connectivity index (χ0v) is 59.9. The van der Waals surface area contributed by atoms with Gasteiger partial charge < -0.3 is 28.7 Å². The number of anilines is 6. The molecule has 6 nitrogen and oxygen atoms in total. The molecule has 0 amide bonds. The van der Waals surface area contributed by atoms with Crippen molar-refractivity contribution in [3.8, 4) is 67.1 Å². The first kappa shape index (κ1) is 67.8. The van der Waals surface area contributed by atoms with Crippen molar-refractivity contribution in [3.63, 3.8) is 0 Å². The van der Waals surface area contributed by atoms with Crippen LogP contribution < -0.4 is 19.3 Å². The van der Waals surface area contributed by atoms with Crippen LogP contribution in [0.4, 0.5) is 51.7 Å². The van der Waals surface area contributed by atoms with Gasteiger partial charge in [-0.05, 0) is 222 Å². The van der Waals surface area contributed by atoms with E-state index >= 15 is 17.6 Å². The van der Waals surface area contributed by atoms with Gasteiger partial charge in [-0.1, -0.05) is 220 Å². The predicted octanol–water partition coefficient (Wildman–Crippen LogP) is 24.5. The minimum absolute atomic E-state index is 0.00602. The zero-order valence-electron chi connectivity index (χ0n) is 59.9. The summed E-state index contributed by atoms with van der Waals surface area (Å²) < 4.78 is 86.6. The molecule has 0 N–H and O–H groups in total. The van der Waals surface area contributed by atoms with Gasteiger partial charge in [0.2, 0.25) is 0 Å². The molecule has 0 aromatic heterocycles. The van der Waals surface area contributed by atoms with E-state index in [-0.39, 0.29) is 10.8 Å². The van der Waals surface area contributed by atoms with Crippen molar-refractivity contribution in [2.24, 2.45) is 10.8 Å². The minimum atomic E-state index is -0.973. The number of hydrogen-bond donors (Lipinski definition) is 0. The van der Waals surface area contributed by atoms with Gasteiger partial charge >= 0.3 is 0 Å². The lowest BCUT2D eigenvalue weighted by atomic mass is 9.67. The Morgan fingerprint density at radius 2 is 0.565 bits per heavy atom. The maximum Gasteiger partial charge on any atom is 0.160 e. The summed E-state index contributed by atoms with van der Waals surface area (Å²) in [5, 5.41) is 0. The highest BCUT2D eigenvalue weighted by Gasteiger charge is 2.49. The van der Waals surface area contributed by atoms with Crippen LogP contribution in [-0.2, 0) is 20.3 Å². The van der Waals surface area contributed by atoms with Crippen molar-refractivity contribution >= 4 is 34.1 Å². The number of benzene rings is 14. The van der Waals surface area contributed by atoms with Crippen molar-refractivity contribution in [1.29, 1.82) is 0 Å². The average molecular weight is 1420 g/mol. The lowest BCUT2D eigenvalue weighted by Crippen LogP contribution is -2.46. The van der Waals surface area contributed by atoms with Gasteiger partial charge in [0, 0.05) is 46.3 Å². The van der Waals surface area contributed by atoms with Gasteiger partial charge in [0.15, 0.2) is 23.3 Å². The molecule has 0 bridgehead atoms. The maximum atomic E-state index is 15.9. The van der Waals surface area contributed by atoms with Gasteiger partial charge in [-0.3, -0.25) is 0 Å². The molecule has 2 fully saturated rings. The van der Waals surface area contributed by atoms with Crippen LogP contribution in [0, 0.1) is 34.1 Å². The number of halogens is 4. The van der Waals surface area contributed by atoms with Crippen molar-refractivity contribution in [3.05, 3.63) is 395 Å². The third-order valence-electron chi connectivity index (χ3n) is 23.1. The van der Waals surface area contributed by atoms with E-state index in [0.717, 1.165) is 136 Å².